The molecule has 0 aliphatic rings. The van der Waals surface area contributed by atoms with Crippen molar-refractivity contribution in [2.75, 3.05) is 0 Å². The van der Waals surface area contributed by atoms with Crippen LogP contribution in [-0.2, 0) is 0 Å². The van der Waals surface area contributed by atoms with Crippen molar-refractivity contribution in [3.63, 3.8) is 0 Å². The summed E-state index contributed by atoms with van der Waals surface area (Å²) in [5.74, 6) is 0.724. The van der Waals surface area contributed by atoms with Crippen molar-refractivity contribution in [2.45, 2.75) is 65.7 Å². The van der Waals surface area contributed by atoms with Crippen molar-refractivity contribution >= 4 is 11.6 Å². The standard InChI is InChI=1S/C12H25Cl/c1-7-11(3,4)8-10(2)9-12(5,6)13/h10H,7-9H2,1-6H3. The Bertz CT molecular complexity index is 142. The number of halogens is 1. The van der Waals surface area contributed by atoms with E-state index in [-0.39, 0.29) is 4.87 Å². The third kappa shape index (κ3) is 7.37. The van der Waals surface area contributed by atoms with Crippen LogP contribution in [0.25, 0.3) is 0 Å². The van der Waals surface area contributed by atoms with Gasteiger partial charge in [-0.3, -0.25) is 0 Å². The first-order valence-corrected chi connectivity index (χ1v) is 5.73. The summed E-state index contributed by atoms with van der Waals surface area (Å²) in [6.07, 6.45) is 3.64. The molecule has 0 nitrogen and oxygen atoms in total. The van der Waals surface area contributed by atoms with Crippen LogP contribution in [0.3, 0.4) is 0 Å². The fourth-order valence-corrected chi connectivity index (χ4v) is 2.25. The summed E-state index contributed by atoms with van der Waals surface area (Å²) in [6.45, 7) is 13.4. The first-order valence-electron chi connectivity index (χ1n) is 5.35. The molecule has 0 aromatic rings. The Hall–Kier alpha value is 0.290. The van der Waals surface area contributed by atoms with Gasteiger partial charge in [0, 0.05) is 4.87 Å². The van der Waals surface area contributed by atoms with Gasteiger partial charge in [-0.05, 0) is 38.0 Å². The molecule has 0 saturated heterocycles. The highest BCUT2D eigenvalue weighted by Gasteiger charge is 2.23. The Morgan fingerprint density at radius 2 is 1.54 bits per heavy atom. The summed E-state index contributed by atoms with van der Waals surface area (Å²) in [5.41, 5.74) is 0.474. The quantitative estimate of drug-likeness (QED) is 0.562. The molecule has 13 heavy (non-hydrogen) atoms. The molecule has 0 aliphatic carbocycles. The Morgan fingerprint density at radius 1 is 1.08 bits per heavy atom. The van der Waals surface area contributed by atoms with Gasteiger partial charge in [0.1, 0.15) is 0 Å². The lowest BCUT2D eigenvalue weighted by Gasteiger charge is -2.29. The van der Waals surface area contributed by atoms with Gasteiger partial charge in [-0.1, -0.05) is 34.1 Å². The van der Waals surface area contributed by atoms with Gasteiger partial charge >= 0.3 is 0 Å². The monoisotopic (exact) mass is 204 g/mol. The maximum Gasteiger partial charge on any atom is 0.0393 e. The number of alkyl halides is 1. The highest BCUT2D eigenvalue weighted by molar-refractivity contribution is 6.23. The predicted molar refractivity (Wildman–Crippen MR) is 62.4 cm³/mol. The van der Waals surface area contributed by atoms with Crippen LogP contribution in [0, 0.1) is 11.3 Å². The van der Waals surface area contributed by atoms with E-state index in [1.165, 1.54) is 12.8 Å². The SMILES string of the molecule is CCC(C)(C)CC(C)CC(C)(C)Cl. The van der Waals surface area contributed by atoms with Crippen molar-refractivity contribution in [1.82, 2.24) is 0 Å². The van der Waals surface area contributed by atoms with E-state index in [4.69, 9.17) is 11.6 Å². The molecular weight excluding hydrogens is 180 g/mol. The zero-order valence-electron chi connectivity index (χ0n) is 10.1. The molecule has 0 bridgehead atoms. The van der Waals surface area contributed by atoms with Crippen LogP contribution in [0.4, 0.5) is 0 Å². The minimum absolute atomic E-state index is 0.0385. The van der Waals surface area contributed by atoms with E-state index in [2.05, 4.69) is 41.5 Å². The van der Waals surface area contributed by atoms with Crippen LogP contribution >= 0.6 is 11.6 Å². The second kappa shape index (κ2) is 4.68. The Morgan fingerprint density at radius 3 is 1.85 bits per heavy atom. The van der Waals surface area contributed by atoms with E-state index >= 15 is 0 Å². The predicted octanol–water partition coefficient (Wildman–Crippen LogP) is 4.86. The van der Waals surface area contributed by atoms with Crippen molar-refractivity contribution < 1.29 is 0 Å². The lowest BCUT2D eigenvalue weighted by atomic mass is 9.79. The van der Waals surface area contributed by atoms with Crippen LogP contribution < -0.4 is 0 Å². The van der Waals surface area contributed by atoms with E-state index in [1.54, 1.807) is 0 Å². The van der Waals surface area contributed by atoms with Crippen LogP contribution in [0.1, 0.15) is 60.8 Å². The van der Waals surface area contributed by atoms with Crippen molar-refractivity contribution in [3.8, 4) is 0 Å². The molecule has 0 aromatic carbocycles. The summed E-state index contributed by atoms with van der Waals surface area (Å²) in [6, 6.07) is 0. The van der Waals surface area contributed by atoms with Crippen molar-refractivity contribution in [1.29, 1.82) is 0 Å². The lowest BCUT2D eigenvalue weighted by molar-refractivity contribution is 0.250. The normalized spacial score (nSPS) is 15.9. The van der Waals surface area contributed by atoms with E-state index < -0.39 is 0 Å². The zero-order valence-corrected chi connectivity index (χ0v) is 10.8. The molecular formula is C12H25Cl. The van der Waals surface area contributed by atoms with Gasteiger partial charge in [-0.2, -0.15) is 0 Å². The van der Waals surface area contributed by atoms with E-state index in [0.29, 0.717) is 5.41 Å². The number of hydrogen-bond donors (Lipinski definition) is 0. The van der Waals surface area contributed by atoms with Gasteiger partial charge in [0.05, 0.1) is 0 Å². The smallest absolute Gasteiger partial charge is 0.0393 e. The summed E-state index contributed by atoms with van der Waals surface area (Å²) >= 11 is 6.20. The molecule has 1 atom stereocenters. The summed E-state index contributed by atoms with van der Waals surface area (Å²) in [5, 5.41) is 0. The second-order valence-corrected chi connectivity index (χ2v) is 6.77. The minimum Gasteiger partial charge on any atom is -0.120 e. The molecule has 1 heteroatoms. The molecule has 0 saturated carbocycles. The van der Waals surface area contributed by atoms with Gasteiger partial charge in [-0.15, -0.1) is 11.6 Å². The maximum atomic E-state index is 6.20. The number of rotatable bonds is 5. The van der Waals surface area contributed by atoms with E-state index in [1.807, 2.05) is 0 Å². The first kappa shape index (κ1) is 13.3. The van der Waals surface area contributed by atoms with Crippen LogP contribution in [0.5, 0.6) is 0 Å². The average molecular weight is 205 g/mol. The van der Waals surface area contributed by atoms with Gasteiger partial charge in [-0.25, -0.2) is 0 Å². The number of hydrogen-bond acceptors (Lipinski definition) is 0. The third-order valence-electron chi connectivity index (χ3n) is 2.69. The Kier molecular flexibility index (Phi) is 4.79. The molecule has 80 valence electrons. The Labute approximate surface area is 89.1 Å². The van der Waals surface area contributed by atoms with Gasteiger partial charge in [0.25, 0.3) is 0 Å². The van der Waals surface area contributed by atoms with Gasteiger partial charge < -0.3 is 0 Å². The molecule has 0 N–H and O–H groups in total. The second-order valence-electron chi connectivity index (χ2n) is 5.75. The molecule has 0 rings (SSSR count). The average Bonchev–Trinajstić information content (AvgIpc) is 1.81. The largest absolute Gasteiger partial charge is 0.120 e. The third-order valence-corrected chi connectivity index (χ3v) is 2.85. The summed E-state index contributed by atoms with van der Waals surface area (Å²) in [4.78, 5) is -0.0385. The fourth-order valence-electron chi connectivity index (χ4n) is 1.99. The summed E-state index contributed by atoms with van der Waals surface area (Å²) < 4.78 is 0. The van der Waals surface area contributed by atoms with Crippen LogP contribution in [-0.4, -0.2) is 4.87 Å². The van der Waals surface area contributed by atoms with Gasteiger partial charge in [0.2, 0.25) is 0 Å². The van der Waals surface area contributed by atoms with Gasteiger partial charge in [0.15, 0.2) is 0 Å². The molecule has 0 radical (unpaired) electrons. The molecule has 0 aliphatic heterocycles. The highest BCUT2D eigenvalue weighted by Crippen LogP contribution is 2.33. The molecule has 0 amide bonds. The fraction of sp³-hybridized carbons (Fsp3) is 1.00. The molecule has 0 heterocycles. The highest BCUT2D eigenvalue weighted by atomic mass is 35.5. The first-order chi connectivity index (χ1) is 5.66. The van der Waals surface area contributed by atoms with Crippen molar-refractivity contribution in [2.24, 2.45) is 11.3 Å². The molecule has 1 unspecified atom stereocenters. The molecule has 0 fully saturated rings. The zero-order chi connectivity index (χ0) is 10.7. The lowest BCUT2D eigenvalue weighted by Crippen LogP contribution is -2.20. The van der Waals surface area contributed by atoms with E-state index in [9.17, 15) is 0 Å². The van der Waals surface area contributed by atoms with Crippen LogP contribution in [0.15, 0.2) is 0 Å². The summed E-state index contributed by atoms with van der Waals surface area (Å²) in [7, 11) is 0. The topological polar surface area (TPSA) is 0 Å². The van der Waals surface area contributed by atoms with E-state index in [0.717, 1.165) is 12.3 Å². The van der Waals surface area contributed by atoms with Crippen LogP contribution in [0.2, 0.25) is 0 Å². The molecule has 0 spiro atoms. The minimum atomic E-state index is -0.0385. The Balaban J connectivity index is 3.94. The maximum absolute atomic E-state index is 6.20. The molecule has 0 aromatic heterocycles. The van der Waals surface area contributed by atoms with Crippen molar-refractivity contribution in [3.05, 3.63) is 0 Å².